The molecule has 1 aromatic carbocycles. The Labute approximate surface area is 118 Å². The highest BCUT2D eigenvalue weighted by molar-refractivity contribution is 6.32. The standard InChI is InChI=1S/C14H18ClNO3/c1-9-8-11(18-3)12(10(2)13(9)15)14(17)16-4-6-19-7-5-16/h8H,4-7H2,1-3H3. The van der Waals surface area contributed by atoms with Crippen molar-refractivity contribution in [2.24, 2.45) is 0 Å². The summed E-state index contributed by atoms with van der Waals surface area (Å²) < 4.78 is 10.6. The molecule has 1 saturated heterocycles. The molecular formula is C14H18ClNO3. The Hall–Kier alpha value is -1.26. The molecule has 0 saturated carbocycles. The molecule has 1 fully saturated rings. The molecule has 0 radical (unpaired) electrons. The van der Waals surface area contributed by atoms with E-state index < -0.39 is 0 Å². The van der Waals surface area contributed by atoms with Crippen molar-refractivity contribution in [1.29, 1.82) is 0 Å². The number of aryl methyl sites for hydroxylation is 1. The van der Waals surface area contributed by atoms with Crippen LogP contribution in [0, 0.1) is 13.8 Å². The summed E-state index contributed by atoms with van der Waals surface area (Å²) in [6.07, 6.45) is 0. The van der Waals surface area contributed by atoms with Gasteiger partial charge in [0.25, 0.3) is 5.91 Å². The van der Waals surface area contributed by atoms with E-state index in [9.17, 15) is 4.79 Å². The molecule has 1 amide bonds. The minimum atomic E-state index is -0.0421. The number of hydrogen-bond acceptors (Lipinski definition) is 3. The minimum absolute atomic E-state index is 0.0421. The first-order valence-corrected chi connectivity index (χ1v) is 6.64. The second kappa shape index (κ2) is 5.80. The number of rotatable bonds is 2. The van der Waals surface area contributed by atoms with Gasteiger partial charge in [0.15, 0.2) is 0 Å². The molecule has 1 heterocycles. The minimum Gasteiger partial charge on any atom is -0.496 e. The Balaban J connectivity index is 2.42. The topological polar surface area (TPSA) is 38.8 Å². The van der Waals surface area contributed by atoms with Gasteiger partial charge in [0, 0.05) is 18.1 Å². The van der Waals surface area contributed by atoms with E-state index in [4.69, 9.17) is 21.1 Å². The van der Waals surface area contributed by atoms with E-state index in [-0.39, 0.29) is 5.91 Å². The fraction of sp³-hybridized carbons (Fsp3) is 0.500. The third-order valence-electron chi connectivity index (χ3n) is 3.38. The Morgan fingerprint density at radius 1 is 1.37 bits per heavy atom. The zero-order valence-corrected chi connectivity index (χ0v) is 12.2. The molecule has 5 heteroatoms. The number of ether oxygens (including phenoxy) is 2. The monoisotopic (exact) mass is 283 g/mol. The largest absolute Gasteiger partial charge is 0.496 e. The van der Waals surface area contributed by atoms with E-state index >= 15 is 0 Å². The fourth-order valence-corrected chi connectivity index (χ4v) is 2.42. The molecule has 4 nitrogen and oxygen atoms in total. The van der Waals surface area contributed by atoms with Gasteiger partial charge in [-0.3, -0.25) is 4.79 Å². The van der Waals surface area contributed by atoms with Gasteiger partial charge in [-0.15, -0.1) is 0 Å². The van der Waals surface area contributed by atoms with Gasteiger partial charge >= 0.3 is 0 Å². The number of halogens is 1. The summed E-state index contributed by atoms with van der Waals surface area (Å²) in [4.78, 5) is 14.4. The summed E-state index contributed by atoms with van der Waals surface area (Å²) in [5.41, 5.74) is 2.24. The molecule has 19 heavy (non-hydrogen) atoms. The number of methoxy groups -OCH3 is 1. The highest BCUT2D eigenvalue weighted by Crippen LogP contribution is 2.32. The zero-order chi connectivity index (χ0) is 14.0. The first-order chi connectivity index (χ1) is 9.06. The van der Waals surface area contributed by atoms with Crippen LogP contribution in [0.25, 0.3) is 0 Å². The first kappa shape index (κ1) is 14.2. The van der Waals surface area contributed by atoms with Gasteiger partial charge in [-0.05, 0) is 31.0 Å². The Kier molecular flexibility index (Phi) is 4.32. The number of carbonyl (C=O) groups excluding carboxylic acids is 1. The second-order valence-electron chi connectivity index (χ2n) is 4.61. The predicted octanol–water partition coefficient (Wildman–Crippen LogP) is 2.44. The molecule has 1 aliphatic rings. The average Bonchev–Trinajstić information content (AvgIpc) is 2.44. The van der Waals surface area contributed by atoms with Gasteiger partial charge in [-0.25, -0.2) is 0 Å². The van der Waals surface area contributed by atoms with Crippen LogP contribution in [0.3, 0.4) is 0 Å². The molecular weight excluding hydrogens is 266 g/mol. The van der Waals surface area contributed by atoms with Crippen molar-refractivity contribution < 1.29 is 14.3 Å². The lowest BCUT2D eigenvalue weighted by atomic mass is 10.0. The lowest BCUT2D eigenvalue weighted by Gasteiger charge is -2.28. The number of hydrogen-bond donors (Lipinski definition) is 0. The number of nitrogens with zero attached hydrogens (tertiary/aromatic N) is 1. The van der Waals surface area contributed by atoms with E-state index in [1.54, 1.807) is 12.0 Å². The SMILES string of the molecule is COc1cc(C)c(Cl)c(C)c1C(=O)N1CCOCC1. The third-order valence-corrected chi connectivity index (χ3v) is 3.96. The third kappa shape index (κ3) is 2.69. The number of morpholine rings is 1. The van der Waals surface area contributed by atoms with Crippen molar-refractivity contribution >= 4 is 17.5 Å². The highest BCUT2D eigenvalue weighted by Gasteiger charge is 2.25. The van der Waals surface area contributed by atoms with Crippen LogP contribution in [-0.2, 0) is 4.74 Å². The fourth-order valence-electron chi connectivity index (χ4n) is 2.27. The van der Waals surface area contributed by atoms with E-state index in [0.717, 1.165) is 11.1 Å². The molecule has 0 aromatic heterocycles. The normalized spacial score (nSPS) is 15.5. The molecule has 0 unspecified atom stereocenters. The van der Waals surface area contributed by atoms with Gasteiger partial charge < -0.3 is 14.4 Å². The molecule has 0 aliphatic carbocycles. The summed E-state index contributed by atoms with van der Waals surface area (Å²) in [6.45, 7) is 6.12. The number of carbonyl (C=O) groups is 1. The van der Waals surface area contributed by atoms with Crippen molar-refractivity contribution in [3.05, 3.63) is 27.8 Å². The lowest BCUT2D eigenvalue weighted by Crippen LogP contribution is -2.41. The van der Waals surface area contributed by atoms with Gasteiger partial charge in [0.05, 0.1) is 25.9 Å². The smallest absolute Gasteiger partial charge is 0.258 e. The van der Waals surface area contributed by atoms with Crippen LogP contribution in [0.4, 0.5) is 0 Å². The molecule has 0 N–H and O–H groups in total. The van der Waals surface area contributed by atoms with E-state index in [1.165, 1.54) is 0 Å². The highest BCUT2D eigenvalue weighted by atomic mass is 35.5. The molecule has 0 bridgehead atoms. The maximum absolute atomic E-state index is 12.6. The maximum atomic E-state index is 12.6. The van der Waals surface area contributed by atoms with Gasteiger partial charge in [-0.1, -0.05) is 11.6 Å². The summed E-state index contributed by atoms with van der Waals surface area (Å²) in [7, 11) is 1.57. The van der Waals surface area contributed by atoms with E-state index in [2.05, 4.69) is 0 Å². The van der Waals surface area contributed by atoms with Crippen LogP contribution in [0.5, 0.6) is 5.75 Å². The zero-order valence-electron chi connectivity index (χ0n) is 11.5. The van der Waals surface area contributed by atoms with Crippen LogP contribution in [0.1, 0.15) is 21.5 Å². The predicted molar refractivity (Wildman–Crippen MR) is 74.2 cm³/mol. The molecule has 2 rings (SSSR count). The molecule has 104 valence electrons. The lowest BCUT2D eigenvalue weighted by molar-refractivity contribution is 0.0300. The maximum Gasteiger partial charge on any atom is 0.258 e. The van der Waals surface area contributed by atoms with Crippen molar-refractivity contribution in [2.45, 2.75) is 13.8 Å². The first-order valence-electron chi connectivity index (χ1n) is 6.27. The van der Waals surface area contributed by atoms with Gasteiger partial charge in [0.2, 0.25) is 0 Å². The van der Waals surface area contributed by atoms with Crippen molar-refractivity contribution in [2.75, 3.05) is 33.4 Å². The molecule has 1 aliphatic heterocycles. The Morgan fingerprint density at radius 3 is 2.58 bits per heavy atom. The van der Waals surface area contributed by atoms with Crippen LogP contribution in [0.2, 0.25) is 5.02 Å². The summed E-state index contributed by atoms with van der Waals surface area (Å²) in [5, 5.41) is 0.623. The number of amides is 1. The summed E-state index contributed by atoms with van der Waals surface area (Å²) >= 11 is 6.24. The Morgan fingerprint density at radius 2 is 2.00 bits per heavy atom. The van der Waals surface area contributed by atoms with Crippen LogP contribution in [0.15, 0.2) is 6.07 Å². The molecule has 0 atom stereocenters. The Bertz CT molecular complexity index is 496. The number of benzene rings is 1. The summed E-state index contributed by atoms with van der Waals surface area (Å²) in [5.74, 6) is 0.537. The van der Waals surface area contributed by atoms with Gasteiger partial charge in [0.1, 0.15) is 5.75 Å². The van der Waals surface area contributed by atoms with Crippen molar-refractivity contribution in [3.63, 3.8) is 0 Å². The van der Waals surface area contributed by atoms with Crippen molar-refractivity contribution in [1.82, 2.24) is 4.90 Å². The summed E-state index contributed by atoms with van der Waals surface area (Å²) in [6, 6.07) is 1.81. The second-order valence-corrected chi connectivity index (χ2v) is 4.99. The van der Waals surface area contributed by atoms with E-state index in [1.807, 2.05) is 19.9 Å². The van der Waals surface area contributed by atoms with E-state index in [0.29, 0.717) is 42.6 Å². The van der Waals surface area contributed by atoms with Gasteiger partial charge in [-0.2, -0.15) is 0 Å². The average molecular weight is 284 g/mol. The van der Waals surface area contributed by atoms with Crippen LogP contribution in [-0.4, -0.2) is 44.2 Å². The molecule has 0 spiro atoms. The van der Waals surface area contributed by atoms with Crippen molar-refractivity contribution in [3.8, 4) is 5.75 Å². The quantitative estimate of drug-likeness (QED) is 0.837. The van der Waals surface area contributed by atoms with Crippen LogP contribution >= 0.6 is 11.6 Å². The molecule has 1 aromatic rings. The van der Waals surface area contributed by atoms with Crippen LogP contribution < -0.4 is 4.74 Å².